The van der Waals surface area contributed by atoms with Crippen LogP contribution in [0.2, 0.25) is 0 Å². The number of amides is 2. The molecule has 0 unspecified atom stereocenters. The molecule has 8 rings (SSSR count). The Morgan fingerprint density at radius 1 is 0.882 bits per heavy atom. The Labute approximate surface area is 302 Å². The van der Waals surface area contributed by atoms with E-state index in [0.29, 0.717) is 44.4 Å². The van der Waals surface area contributed by atoms with Crippen molar-refractivity contribution in [2.24, 2.45) is 27.7 Å². The number of likely N-dealkylation sites (tertiary alicyclic amines) is 3. The second kappa shape index (κ2) is 14.8. The predicted octanol–water partition coefficient (Wildman–Crippen LogP) is 5.99. The van der Waals surface area contributed by atoms with Crippen LogP contribution >= 0.6 is 0 Å². The molecule has 3 saturated heterocycles. The monoisotopic (exact) mass is 685 g/mol. The Kier molecular flexibility index (Phi) is 9.87. The molecule has 0 saturated carbocycles. The van der Waals surface area contributed by atoms with Crippen molar-refractivity contribution in [3.05, 3.63) is 87.6 Å². The van der Waals surface area contributed by atoms with Crippen molar-refractivity contribution in [1.29, 1.82) is 0 Å². The molecule has 1 atom stereocenters. The number of Topliss-reactive ketones (excluding diaryl/α,β-unsaturated/α-hetero) is 1. The molecule has 2 aromatic rings. The highest BCUT2D eigenvalue weighted by Gasteiger charge is 2.36. The Bertz CT molecular complexity index is 1800. The van der Waals surface area contributed by atoms with Crippen LogP contribution in [-0.4, -0.2) is 89.5 Å². The molecule has 0 aromatic heterocycles. The van der Waals surface area contributed by atoms with E-state index in [1.807, 2.05) is 40.4 Å². The SMILES string of the molecule is Cc1cc(C[C@@H](CC(=O)N2CCC(C3=Cc4ccccc4CC3=O)CC2)C(=O)N2CCC(N3CCC(C4=NC=CC4)CC3)CC2)cc2c1CN=C2. The maximum absolute atomic E-state index is 14.4. The molecule has 5 heterocycles. The Morgan fingerprint density at radius 2 is 1.63 bits per heavy atom. The first-order chi connectivity index (χ1) is 24.9. The molecule has 0 radical (unpaired) electrons. The van der Waals surface area contributed by atoms with E-state index in [2.05, 4.69) is 52.2 Å². The first-order valence-corrected chi connectivity index (χ1v) is 19.4. The summed E-state index contributed by atoms with van der Waals surface area (Å²) in [7, 11) is 0. The highest BCUT2D eigenvalue weighted by molar-refractivity contribution is 6.04. The predicted molar refractivity (Wildman–Crippen MR) is 202 cm³/mol. The number of piperidine rings is 3. The van der Waals surface area contributed by atoms with Crippen molar-refractivity contribution in [2.75, 3.05) is 39.3 Å². The van der Waals surface area contributed by atoms with E-state index in [9.17, 15) is 14.4 Å². The lowest BCUT2D eigenvalue weighted by Crippen LogP contribution is -2.51. The number of aryl methyl sites for hydroxylation is 1. The van der Waals surface area contributed by atoms with E-state index >= 15 is 0 Å². The molecule has 6 aliphatic rings. The van der Waals surface area contributed by atoms with Crippen LogP contribution in [0.1, 0.15) is 84.7 Å². The first-order valence-electron chi connectivity index (χ1n) is 19.4. The Morgan fingerprint density at radius 3 is 2.39 bits per heavy atom. The summed E-state index contributed by atoms with van der Waals surface area (Å²) < 4.78 is 0. The molecule has 1 aliphatic carbocycles. The summed E-state index contributed by atoms with van der Waals surface area (Å²) in [6.07, 6.45) is 16.3. The van der Waals surface area contributed by atoms with Gasteiger partial charge in [0, 0.05) is 69.6 Å². The number of hydrogen-bond acceptors (Lipinski definition) is 6. The quantitative estimate of drug-likeness (QED) is 0.342. The third kappa shape index (κ3) is 7.30. The number of allylic oxidation sites excluding steroid dienone is 2. The second-order valence-corrected chi connectivity index (χ2v) is 15.7. The van der Waals surface area contributed by atoms with Crippen LogP contribution in [0.25, 0.3) is 6.08 Å². The zero-order valence-corrected chi connectivity index (χ0v) is 30.1. The summed E-state index contributed by atoms with van der Waals surface area (Å²) in [6.45, 7) is 7.79. The van der Waals surface area contributed by atoms with Gasteiger partial charge in [0.1, 0.15) is 0 Å². The lowest BCUT2D eigenvalue weighted by atomic mass is 9.80. The van der Waals surface area contributed by atoms with Gasteiger partial charge in [0.05, 0.1) is 12.5 Å². The van der Waals surface area contributed by atoms with Gasteiger partial charge in [-0.3, -0.25) is 24.4 Å². The molecule has 0 bridgehead atoms. The maximum Gasteiger partial charge on any atom is 0.226 e. The number of hydrogen-bond donors (Lipinski definition) is 0. The smallest absolute Gasteiger partial charge is 0.226 e. The number of rotatable bonds is 8. The van der Waals surface area contributed by atoms with E-state index in [-0.39, 0.29) is 29.9 Å². The van der Waals surface area contributed by atoms with Gasteiger partial charge in [-0.05, 0) is 128 Å². The minimum Gasteiger partial charge on any atom is -0.343 e. The van der Waals surface area contributed by atoms with Gasteiger partial charge in [0.2, 0.25) is 11.8 Å². The van der Waals surface area contributed by atoms with E-state index in [1.54, 1.807) is 0 Å². The molecule has 5 aliphatic heterocycles. The van der Waals surface area contributed by atoms with Crippen LogP contribution in [0.3, 0.4) is 0 Å². The van der Waals surface area contributed by atoms with E-state index in [1.165, 1.54) is 29.7 Å². The third-order valence-corrected chi connectivity index (χ3v) is 12.6. The number of fused-ring (bicyclic) bond motifs is 2. The summed E-state index contributed by atoms with van der Waals surface area (Å²) >= 11 is 0. The molecule has 0 spiro atoms. The lowest BCUT2D eigenvalue weighted by molar-refractivity contribution is -0.143. The summed E-state index contributed by atoms with van der Waals surface area (Å²) in [5.74, 6) is 0.761. The summed E-state index contributed by atoms with van der Waals surface area (Å²) in [5, 5.41) is 0. The fraction of sp³-hybridized carbons (Fsp3) is 0.512. The average Bonchev–Trinajstić information content (AvgIpc) is 3.88. The molecule has 2 amide bonds. The van der Waals surface area contributed by atoms with Crippen molar-refractivity contribution in [3.63, 3.8) is 0 Å². The van der Waals surface area contributed by atoms with Crippen molar-refractivity contribution < 1.29 is 14.4 Å². The highest BCUT2D eigenvalue weighted by atomic mass is 16.2. The minimum absolute atomic E-state index is 0.0559. The zero-order valence-electron chi connectivity index (χ0n) is 30.1. The number of ketones is 1. The maximum atomic E-state index is 14.4. The van der Waals surface area contributed by atoms with Crippen LogP contribution in [0.4, 0.5) is 0 Å². The molecular formula is C43H51N5O3. The molecule has 3 fully saturated rings. The largest absolute Gasteiger partial charge is 0.343 e. The summed E-state index contributed by atoms with van der Waals surface area (Å²) in [6, 6.07) is 13.0. The van der Waals surface area contributed by atoms with Crippen LogP contribution < -0.4 is 0 Å². The fourth-order valence-electron chi connectivity index (χ4n) is 9.58. The van der Waals surface area contributed by atoms with Crippen molar-refractivity contribution in [1.82, 2.24) is 14.7 Å². The average molecular weight is 686 g/mol. The van der Waals surface area contributed by atoms with Gasteiger partial charge in [-0.1, -0.05) is 36.4 Å². The van der Waals surface area contributed by atoms with Crippen LogP contribution in [0, 0.1) is 24.7 Å². The third-order valence-electron chi connectivity index (χ3n) is 12.6. The number of carbonyl (C=O) groups is 3. The van der Waals surface area contributed by atoms with Crippen molar-refractivity contribution >= 4 is 35.6 Å². The van der Waals surface area contributed by atoms with E-state index in [4.69, 9.17) is 0 Å². The molecule has 8 heteroatoms. The van der Waals surface area contributed by atoms with Crippen LogP contribution in [0.15, 0.2) is 64.2 Å². The van der Waals surface area contributed by atoms with Gasteiger partial charge in [-0.25, -0.2) is 0 Å². The van der Waals surface area contributed by atoms with Crippen molar-refractivity contribution in [2.45, 2.75) is 83.7 Å². The van der Waals surface area contributed by atoms with Gasteiger partial charge in [0.15, 0.2) is 5.78 Å². The standard InChI is InChI=1S/C43H51N5O3/c1-29-21-30(23-36-27-44-28-39(29)36)22-35(43(51)48-19-12-37(13-20-48)46-15-10-32(11-16-46)40-7-4-14-45-40)26-42(50)47-17-8-31(9-18-47)38-24-33-5-2-3-6-34(33)25-41(38)49/h2-6,14,21,23-24,27,31-32,35,37H,7-13,15-20,22,25-26,28H2,1H3/t35-/m0/s1. The highest BCUT2D eigenvalue weighted by Crippen LogP contribution is 2.33. The first kappa shape index (κ1) is 33.9. The number of nitrogens with zero attached hydrogens (tertiary/aromatic N) is 5. The lowest BCUT2D eigenvalue weighted by Gasteiger charge is -2.42. The van der Waals surface area contributed by atoms with E-state index < -0.39 is 5.92 Å². The molecule has 8 nitrogen and oxygen atoms in total. The summed E-state index contributed by atoms with van der Waals surface area (Å²) in [4.78, 5) is 57.1. The number of aliphatic imine (C=N–C) groups is 2. The Hall–Kier alpha value is -4.17. The number of carbonyl (C=O) groups excluding carboxylic acids is 3. The second-order valence-electron chi connectivity index (χ2n) is 15.7. The molecule has 2 aromatic carbocycles. The number of benzene rings is 2. The molecular weight excluding hydrogens is 635 g/mol. The minimum atomic E-state index is -0.404. The van der Waals surface area contributed by atoms with E-state index in [0.717, 1.165) is 86.1 Å². The van der Waals surface area contributed by atoms with Crippen LogP contribution in [-0.2, 0) is 33.8 Å². The van der Waals surface area contributed by atoms with Gasteiger partial charge >= 0.3 is 0 Å². The van der Waals surface area contributed by atoms with Gasteiger partial charge in [0.25, 0.3) is 0 Å². The van der Waals surface area contributed by atoms with Gasteiger partial charge in [-0.2, -0.15) is 0 Å². The topological polar surface area (TPSA) is 85.7 Å². The molecule has 0 N–H and O–H groups in total. The van der Waals surface area contributed by atoms with Crippen molar-refractivity contribution in [3.8, 4) is 0 Å². The summed E-state index contributed by atoms with van der Waals surface area (Å²) in [5.41, 5.74) is 9.21. The van der Waals surface area contributed by atoms with Gasteiger partial charge < -0.3 is 14.7 Å². The fourth-order valence-corrected chi connectivity index (χ4v) is 9.58. The molecule has 266 valence electrons. The molecule has 51 heavy (non-hydrogen) atoms. The zero-order chi connectivity index (χ0) is 34.9. The van der Waals surface area contributed by atoms with Crippen LogP contribution in [0.5, 0.6) is 0 Å². The Balaban J connectivity index is 0.907. The van der Waals surface area contributed by atoms with Gasteiger partial charge in [-0.15, -0.1) is 0 Å². The normalized spacial score (nSPS) is 22.2.